The Kier molecular flexibility index (Phi) is 7.64. The van der Waals surface area contributed by atoms with Crippen molar-refractivity contribution >= 4 is 18.0 Å². The van der Waals surface area contributed by atoms with Crippen molar-refractivity contribution in [2.45, 2.75) is 46.7 Å². The van der Waals surface area contributed by atoms with Gasteiger partial charge in [0.2, 0.25) is 0 Å². The summed E-state index contributed by atoms with van der Waals surface area (Å²) in [6, 6.07) is -1.83. The molecule has 1 atom stereocenters. The normalized spacial score (nSPS) is 12.2. The molecule has 0 saturated carbocycles. The Hall–Kier alpha value is -1.79. The first-order valence-electron chi connectivity index (χ1n) is 6.66. The Balaban J connectivity index is 4.80. The lowest BCUT2D eigenvalue weighted by molar-refractivity contribution is -0.144. The van der Waals surface area contributed by atoms with Gasteiger partial charge in [0.05, 0.1) is 6.61 Å². The highest BCUT2D eigenvalue weighted by molar-refractivity contribution is 5.85. The molecule has 7 nitrogen and oxygen atoms in total. The molecular formula is C13H24N2O5. The number of urea groups is 1. The number of ether oxygens (including phenoxy) is 1. The van der Waals surface area contributed by atoms with Crippen LogP contribution in [0.2, 0.25) is 0 Å². The molecule has 7 heteroatoms. The zero-order valence-electron chi connectivity index (χ0n) is 12.7. The molecule has 0 aliphatic heterocycles. The molecule has 0 aliphatic rings. The lowest BCUT2D eigenvalue weighted by Crippen LogP contribution is -2.53. The SMILES string of the molecule is CCOC(=O)CN(C(=O)NC(C(=O)O)C(C)C)C(C)C. The molecule has 20 heavy (non-hydrogen) atoms. The van der Waals surface area contributed by atoms with Crippen molar-refractivity contribution < 1.29 is 24.2 Å². The summed E-state index contributed by atoms with van der Waals surface area (Å²) in [5.41, 5.74) is 0. The highest BCUT2D eigenvalue weighted by Crippen LogP contribution is 2.05. The smallest absolute Gasteiger partial charge is 0.326 e. The van der Waals surface area contributed by atoms with Gasteiger partial charge in [-0.05, 0) is 26.7 Å². The Morgan fingerprint density at radius 2 is 1.75 bits per heavy atom. The molecule has 0 heterocycles. The van der Waals surface area contributed by atoms with Crippen LogP contribution in [0.3, 0.4) is 0 Å². The van der Waals surface area contributed by atoms with E-state index < -0.39 is 24.0 Å². The third-order valence-corrected chi connectivity index (χ3v) is 2.70. The number of amides is 2. The van der Waals surface area contributed by atoms with Crippen LogP contribution in [-0.2, 0) is 14.3 Å². The van der Waals surface area contributed by atoms with Gasteiger partial charge in [-0.2, -0.15) is 0 Å². The minimum absolute atomic E-state index is 0.207. The van der Waals surface area contributed by atoms with Crippen LogP contribution >= 0.6 is 0 Å². The zero-order chi connectivity index (χ0) is 15.9. The molecule has 0 aromatic heterocycles. The first-order chi connectivity index (χ1) is 9.20. The van der Waals surface area contributed by atoms with Crippen molar-refractivity contribution in [3.05, 3.63) is 0 Å². The fourth-order valence-corrected chi connectivity index (χ4v) is 1.56. The highest BCUT2D eigenvalue weighted by Gasteiger charge is 2.28. The largest absolute Gasteiger partial charge is 0.480 e. The van der Waals surface area contributed by atoms with Crippen LogP contribution in [0.25, 0.3) is 0 Å². The Labute approximate surface area is 119 Å². The van der Waals surface area contributed by atoms with Crippen LogP contribution in [0.15, 0.2) is 0 Å². The molecule has 0 aliphatic carbocycles. The van der Waals surface area contributed by atoms with Gasteiger partial charge in [-0.3, -0.25) is 4.79 Å². The van der Waals surface area contributed by atoms with Gasteiger partial charge in [-0.25, -0.2) is 9.59 Å². The van der Waals surface area contributed by atoms with Crippen molar-refractivity contribution in [1.82, 2.24) is 10.2 Å². The van der Waals surface area contributed by atoms with Crippen LogP contribution in [0, 0.1) is 5.92 Å². The van der Waals surface area contributed by atoms with Crippen molar-refractivity contribution in [1.29, 1.82) is 0 Å². The second kappa shape index (κ2) is 8.39. The lowest BCUT2D eigenvalue weighted by Gasteiger charge is -2.28. The summed E-state index contributed by atoms with van der Waals surface area (Å²) in [5.74, 6) is -1.88. The van der Waals surface area contributed by atoms with Crippen LogP contribution < -0.4 is 5.32 Å². The molecule has 0 saturated heterocycles. The molecular weight excluding hydrogens is 264 g/mol. The second-order valence-corrected chi connectivity index (χ2v) is 5.04. The number of carbonyl (C=O) groups excluding carboxylic acids is 2. The zero-order valence-corrected chi connectivity index (χ0v) is 12.7. The number of carbonyl (C=O) groups is 3. The molecule has 0 radical (unpaired) electrons. The molecule has 2 N–H and O–H groups in total. The van der Waals surface area contributed by atoms with Gasteiger partial charge in [0.25, 0.3) is 0 Å². The number of carboxylic acid groups (broad SMARTS) is 1. The van der Waals surface area contributed by atoms with E-state index in [0.29, 0.717) is 0 Å². The number of rotatable bonds is 7. The highest BCUT2D eigenvalue weighted by atomic mass is 16.5. The van der Waals surface area contributed by atoms with Gasteiger partial charge in [0.15, 0.2) is 0 Å². The van der Waals surface area contributed by atoms with Gasteiger partial charge in [0.1, 0.15) is 12.6 Å². The summed E-state index contributed by atoms with van der Waals surface area (Å²) in [5, 5.41) is 11.5. The average Bonchev–Trinajstić information content (AvgIpc) is 2.31. The summed E-state index contributed by atoms with van der Waals surface area (Å²) >= 11 is 0. The number of nitrogens with one attached hydrogen (secondary N) is 1. The van der Waals surface area contributed by atoms with E-state index in [1.54, 1.807) is 34.6 Å². The molecule has 1 unspecified atom stereocenters. The van der Waals surface area contributed by atoms with Crippen LogP contribution in [0.1, 0.15) is 34.6 Å². The molecule has 0 fully saturated rings. The monoisotopic (exact) mass is 288 g/mol. The fourth-order valence-electron chi connectivity index (χ4n) is 1.56. The van der Waals surface area contributed by atoms with E-state index in [-0.39, 0.29) is 25.1 Å². The number of nitrogens with zero attached hydrogens (tertiary/aromatic N) is 1. The Bertz CT molecular complexity index is 355. The van der Waals surface area contributed by atoms with E-state index in [1.807, 2.05) is 0 Å². The minimum Gasteiger partial charge on any atom is -0.480 e. The third-order valence-electron chi connectivity index (χ3n) is 2.70. The summed E-state index contributed by atoms with van der Waals surface area (Å²) in [6.07, 6.45) is 0. The second-order valence-electron chi connectivity index (χ2n) is 5.04. The van der Waals surface area contributed by atoms with Gasteiger partial charge >= 0.3 is 18.0 Å². The van der Waals surface area contributed by atoms with Crippen molar-refractivity contribution in [2.75, 3.05) is 13.2 Å². The number of hydrogen-bond donors (Lipinski definition) is 2. The van der Waals surface area contributed by atoms with Gasteiger partial charge < -0.3 is 20.1 Å². The minimum atomic E-state index is -1.10. The van der Waals surface area contributed by atoms with Crippen molar-refractivity contribution in [3.63, 3.8) is 0 Å². The average molecular weight is 288 g/mol. The maximum atomic E-state index is 12.1. The van der Waals surface area contributed by atoms with E-state index in [4.69, 9.17) is 9.84 Å². The Morgan fingerprint density at radius 3 is 2.10 bits per heavy atom. The lowest BCUT2D eigenvalue weighted by atomic mass is 10.1. The molecule has 0 spiro atoms. The molecule has 0 aromatic rings. The maximum Gasteiger partial charge on any atom is 0.326 e. The van der Waals surface area contributed by atoms with Crippen LogP contribution in [0.4, 0.5) is 4.79 Å². The van der Waals surface area contributed by atoms with E-state index in [0.717, 1.165) is 0 Å². The number of carboxylic acids is 1. The fraction of sp³-hybridized carbons (Fsp3) is 0.769. The Morgan fingerprint density at radius 1 is 1.20 bits per heavy atom. The van der Waals surface area contributed by atoms with Gasteiger partial charge in [-0.1, -0.05) is 13.8 Å². The van der Waals surface area contributed by atoms with Crippen LogP contribution in [0.5, 0.6) is 0 Å². The summed E-state index contributed by atoms with van der Waals surface area (Å²) in [4.78, 5) is 35.9. The van der Waals surface area contributed by atoms with E-state index >= 15 is 0 Å². The standard InChI is InChI=1S/C13H24N2O5/c1-6-20-10(16)7-15(9(4)5)13(19)14-11(8(2)3)12(17)18/h8-9,11H,6-7H2,1-5H3,(H,14,19)(H,17,18). The van der Waals surface area contributed by atoms with Crippen LogP contribution in [-0.4, -0.2) is 53.2 Å². The number of esters is 1. The quantitative estimate of drug-likeness (QED) is 0.683. The van der Waals surface area contributed by atoms with Crippen molar-refractivity contribution in [3.8, 4) is 0 Å². The maximum absolute atomic E-state index is 12.1. The van der Waals surface area contributed by atoms with Crippen molar-refractivity contribution in [2.24, 2.45) is 5.92 Å². The molecule has 0 bridgehead atoms. The summed E-state index contributed by atoms with van der Waals surface area (Å²) in [7, 11) is 0. The molecule has 2 amide bonds. The number of aliphatic carboxylic acids is 1. The first kappa shape index (κ1) is 18.2. The third kappa shape index (κ3) is 5.90. The van der Waals surface area contributed by atoms with Gasteiger partial charge in [-0.15, -0.1) is 0 Å². The predicted molar refractivity (Wildman–Crippen MR) is 73.3 cm³/mol. The molecule has 0 aromatic carbocycles. The van der Waals surface area contributed by atoms with Gasteiger partial charge in [0, 0.05) is 6.04 Å². The number of hydrogen-bond acceptors (Lipinski definition) is 4. The molecule has 0 rings (SSSR count). The van der Waals surface area contributed by atoms with E-state index in [2.05, 4.69) is 5.32 Å². The molecule has 116 valence electrons. The topological polar surface area (TPSA) is 95.9 Å². The predicted octanol–water partition coefficient (Wildman–Crippen LogP) is 1.08. The first-order valence-corrected chi connectivity index (χ1v) is 6.66. The summed E-state index contributed by atoms with van der Waals surface area (Å²) < 4.78 is 4.80. The van der Waals surface area contributed by atoms with E-state index in [9.17, 15) is 14.4 Å². The summed E-state index contributed by atoms with van der Waals surface area (Å²) in [6.45, 7) is 8.58. The van der Waals surface area contributed by atoms with E-state index in [1.165, 1.54) is 4.90 Å².